The smallest absolute Gasteiger partial charge is 0.305 e. The topological polar surface area (TPSA) is 221 Å². The molecule has 0 aliphatic heterocycles. The maximum Gasteiger partial charge on any atom is 0.305 e. The summed E-state index contributed by atoms with van der Waals surface area (Å²) in [5.41, 5.74) is 0. The molecule has 1 rings (SSSR count). The summed E-state index contributed by atoms with van der Waals surface area (Å²) in [6.45, 7) is 13.8. The minimum Gasteiger partial charge on any atom is -0.481 e. The Bertz CT molecular complexity index is 989. The molecule has 15 nitrogen and oxygen atoms in total. The van der Waals surface area contributed by atoms with E-state index in [1.807, 2.05) is 23.3 Å². The van der Waals surface area contributed by atoms with Crippen LogP contribution in [0.2, 0.25) is 0 Å². The molecule has 0 fully saturated rings. The van der Waals surface area contributed by atoms with Crippen molar-refractivity contribution in [1.82, 2.24) is 34.4 Å². The number of hydrogen-bond acceptors (Lipinski definition) is 10. The highest BCUT2D eigenvalue weighted by atomic mass is 32.2. The Kier molecular flexibility index (Phi) is 18.6. The number of H-pyrrole nitrogens is 1. The van der Waals surface area contributed by atoms with E-state index in [0.717, 1.165) is 16.4 Å². The summed E-state index contributed by atoms with van der Waals surface area (Å²) in [4.78, 5) is 31.3. The number of carboxylic acid groups (broad SMARTS) is 1. The summed E-state index contributed by atoms with van der Waals surface area (Å²) in [7, 11) is -4.26. The summed E-state index contributed by atoms with van der Waals surface area (Å²) < 4.78 is 47.6. The standard InChI is InChI=1S/C6H14N2O3S.C5H11NO3S.C4H8N4.C4H8O2/c1-5(2)6(9)7-12(10,11)8(3)4;1-4(2)5(7)6-10(3,8)9;1-3(2)4-5-7-8-6-4;1-3(2)4(5)6/h5H,1-4H3,(H,7,9);4H,1-3H3,(H,6,7);3H,1-2H3,(H,5,6,7,8);3H,1-2H3,(H,5,6). The van der Waals surface area contributed by atoms with Crippen LogP contribution in [0.1, 0.15) is 67.1 Å². The number of rotatable bonds is 7. The van der Waals surface area contributed by atoms with E-state index in [2.05, 4.69) is 20.6 Å². The maximum atomic E-state index is 11.0. The SMILES string of the molecule is CC(C)C(=O)NS(=O)(=O)N(C)C.CC(C)C(=O)NS(C)(=O)=O.CC(C)C(=O)O.CC(C)c1nn[nH]n1. The Morgan fingerprint density at radius 1 is 0.833 bits per heavy atom. The number of nitrogens with one attached hydrogen (secondary N) is 3. The number of aliphatic carboxylic acids is 1. The van der Waals surface area contributed by atoms with Gasteiger partial charge in [0, 0.05) is 31.8 Å². The quantitative estimate of drug-likeness (QED) is 0.356. The molecule has 1 heterocycles. The number of sulfonamides is 1. The molecule has 212 valence electrons. The largest absolute Gasteiger partial charge is 0.481 e. The van der Waals surface area contributed by atoms with E-state index in [-0.39, 0.29) is 17.8 Å². The van der Waals surface area contributed by atoms with Gasteiger partial charge in [-0.05, 0) is 0 Å². The molecule has 0 aliphatic rings. The summed E-state index contributed by atoms with van der Waals surface area (Å²) >= 11 is 0. The molecular formula is C19H41N7O8S2. The average molecular weight is 560 g/mol. The third-order valence-corrected chi connectivity index (χ3v) is 5.41. The monoisotopic (exact) mass is 559 g/mol. The van der Waals surface area contributed by atoms with Crippen molar-refractivity contribution in [1.29, 1.82) is 0 Å². The van der Waals surface area contributed by atoms with Gasteiger partial charge in [-0.3, -0.25) is 19.1 Å². The van der Waals surface area contributed by atoms with Crippen molar-refractivity contribution in [3.63, 3.8) is 0 Å². The van der Waals surface area contributed by atoms with Gasteiger partial charge in [0.1, 0.15) is 0 Å². The zero-order chi connectivity index (χ0) is 29.4. The van der Waals surface area contributed by atoms with Crippen LogP contribution in [0.15, 0.2) is 0 Å². The molecule has 0 radical (unpaired) electrons. The van der Waals surface area contributed by atoms with Crippen LogP contribution in [0, 0.1) is 17.8 Å². The first-order valence-electron chi connectivity index (χ1n) is 10.8. The van der Waals surface area contributed by atoms with Gasteiger partial charge in [-0.2, -0.15) is 17.9 Å². The zero-order valence-electron chi connectivity index (χ0n) is 22.7. The second kappa shape index (κ2) is 17.7. The zero-order valence-corrected chi connectivity index (χ0v) is 24.4. The molecule has 36 heavy (non-hydrogen) atoms. The van der Waals surface area contributed by atoms with Crippen LogP contribution >= 0.6 is 0 Å². The van der Waals surface area contributed by atoms with Gasteiger partial charge in [-0.25, -0.2) is 13.1 Å². The summed E-state index contributed by atoms with van der Waals surface area (Å²) in [6, 6.07) is 0. The Morgan fingerprint density at radius 2 is 1.22 bits per heavy atom. The molecule has 0 saturated carbocycles. The van der Waals surface area contributed by atoms with E-state index in [1.54, 1.807) is 41.5 Å². The molecule has 1 aromatic heterocycles. The van der Waals surface area contributed by atoms with Gasteiger partial charge in [-0.15, -0.1) is 10.2 Å². The van der Waals surface area contributed by atoms with E-state index in [4.69, 9.17) is 5.11 Å². The van der Waals surface area contributed by atoms with E-state index in [1.165, 1.54) is 14.1 Å². The van der Waals surface area contributed by atoms with Crippen LogP contribution in [0.4, 0.5) is 0 Å². The first-order chi connectivity index (χ1) is 16.0. The van der Waals surface area contributed by atoms with Gasteiger partial charge in [0.2, 0.25) is 21.8 Å². The van der Waals surface area contributed by atoms with Crippen LogP contribution in [0.25, 0.3) is 0 Å². The van der Waals surface area contributed by atoms with Crippen molar-refractivity contribution in [2.24, 2.45) is 17.8 Å². The molecule has 0 spiro atoms. The number of tetrazole rings is 1. The van der Waals surface area contributed by atoms with Crippen LogP contribution in [-0.2, 0) is 34.6 Å². The number of amides is 2. The lowest BCUT2D eigenvalue weighted by atomic mass is 10.2. The van der Waals surface area contributed by atoms with Gasteiger partial charge < -0.3 is 5.11 Å². The molecule has 0 unspecified atom stereocenters. The lowest BCUT2D eigenvalue weighted by Gasteiger charge is -2.13. The van der Waals surface area contributed by atoms with E-state index < -0.39 is 38.0 Å². The Morgan fingerprint density at radius 3 is 1.39 bits per heavy atom. The number of carbonyl (C=O) groups excluding carboxylic acids is 2. The fourth-order valence-electron chi connectivity index (χ4n) is 1.05. The summed E-state index contributed by atoms with van der Waals surface area (Å²) in [5, 5.41) is 21.3. The van der Waals surface area contributed by atoms with Crippen molar-refractivity contribution in [3.05, 3.63) is 5.82 Å². The van der Waals surface area contributed by atoms with Gasteiger partial charge in [0.15, 0.2) is 5.82 Å². The predicted octanol–water partition coefficient (Wildman–Crippen LogP) is 0.333. The highest BCUT2D eigenvalue weighted by Crippen LogP contribution is 2.03. The van der Waals surface area contributed by atoms with Crippen LogP contribution in [-0.4, -0.2) is 85.0 Å². The number of aromatic nitrogens is 4. The number of aromatic amines is 1. The molecule has 1 aromatic rings. The number of nitrogens with zero attached hydrogens (tertiary/aromatic N) is 4. The molecule has 0 bridgehead atoms. The molecule has 0 atom stereocenters. The summed E-state index contributed by atoms with van der Waals surface area (Å²) in [6.07, 6.45) is 0.952. The molecule has 17 heteroatoms. The second-order valence-corrected chi connectivity index (χ2v) is 12.4. The van der Waals surface area contributed by atoms with Crippen molar-refractivity contribution < 1.29 is 36.3 Å². The Hall–Kier alpha value is -2.66. The Labute approximate surface area is 214 Å². The molecule has 0 saturated heterocycles. The van der Waals surface area contributed by atoms with Crippen molar-refractivity contribution >= 4 is 38.0 Å². The van der Waals surface area contributed by atoms with Crippen LogP contribution in [0.5, 0.6) is 0 Å². The number of carbonyl (C=O) groups is 3. The molecular weight excluding hydrogens is 518 g/mol. The molecule has 4 N–H and O–H groups in total. The minimum absolute atomic E-state index is 0.231. The fourth-order valence-corrected chi connectivity index (χ4v) is 2.32. The normalized spacial score (nSPS) is 11.1. The lowest BCUT2D eigenvalue weighted by Crippen LogP contribution is -2.41. The van der Waals surface area contributed by atoms with Crippen molar-refractivity contribution in [2.45, 2.75) is 61.3 Å². The Balaban J connectivity index is -0.000000415. The number of carboxylic acids is 1. The first-order valence-corrected chi connectivity index (χ1v) is 14.1. The van der Waals surface area contributed by atoms with Gasteiger partial charge in [-0.1, -0.05) is 60.6 Å². The predicted molar refractivity (Wildman–Crippen MR) is 134 cm³/mol. The number of hydrogen-bond donors (Lipinski definition) is 4. The van der Waals surface area contributed by atoms with Crippen molar-refractivity contribution in [3.8, 4) is 0 Å². The van der Waals surface area contributed by atoms with Crippen molar-refractivity contribution in [2.75, 3.05) is 20.4 Å². The van der Waals surface area contributed by atoms with Crippen LogP contribution < -0.4 is 9.44 Å². The summed E-state index contributed by atoms with van der Waals surface area (Å²) in [5.74, 6) is -1.43. The molecule has 2 amide bonds. The van der Waals surface area contributed by atoms with E-state index >= 15 is 0 Å². The van der Waals surface area contributed by atoms with E-state index in [9.17, 15) is 31.2 Å². The highest BCUT2D eigenvalue weighted by molar-refractivity contribution is 7.89. The third-order valence-electron chi connectivity index (χ3n) is 3.42. The van der Waals surface area contributed by atoms with Crippen LogP contribution in [0.3, 0.4) is 0 Å². The van der Waals surface area contributed by atoms with E-state index in [0.29, 0.717) is 5.92 Å². The second-order valence-electron chi connectivity index (χ2n) is 8.72. The fraction of sp³-hybridized carbons (Fsp3) is 0.789. The molecule has 0 aliphatic carbocycles. The highest BCUT2D eigenvalue weighted by Gasteiger charge is 2.18. The first kappa shape index (κ1) is 37.9. The van der Waals surface area contributed by atoms with Gasteiger partial charge in [0.05, 0.1) is 12.2 Å². The minimum atomic E-state index is -3.61. The average Bonchev–Trinajstić information content (AvgIpc) is 3.22. The van der Waals surface area contributed by atoms with Gasteiger partial charge in [0.25, 0.3) is 0 Å². The molecule has 0 aromatic carbocycles. The maximum absolute atomic E-state index is 11.0. The lowest BCUT2D eigenvalue weighted by molar-refractivity contribution is -0.140. The van der Waals surface area contributed by atoms with Gasteiger partial charge >= 0.3 is 16.2 Å². The third kappa shape index (κ3) is 21.8.